The van der Waals surface area contributed by atoms with E-state index in [2.05, 4.69) is 10.6 Å². The van der Waals surface area contributed by atoms with Crippen molar-refractivity contribution in [3.63, 3.8) is 0 Å². The molecule has 112 valence electrons. The van der Waals surface area contributed by atoms with E-state index in [0.717, 1.165) is 11.1 Å². The van der Waals surface area contributed by atoms with Gasteiger partial charge in [-0.15, -0.1) is 0 Å². The number of aryl methyl sites for hydroxylation is 1. The highest BCUT2D eigenvalue weighted by molar-refractivity contribution is 6.03. The number of amides is 2. The van der Waals surface area contributed by atoms with Crippen LogP contribution in [0.5, 0.6) is 0 Å². The quantitative estimate of drug-likeness (QED) is 0.833. The molecule has 4 nitrogen and oxygen atoms in total. The zero-order valence-corrected chi connectivity index (χ0v) is 12.4. The summed E-state index contributed by atoms with van der Waals surface area (Å²) in [7, 11) is 0. The van der Waals surface area contributed by atoms with Crippen LogP contribution >= 0.6 is 0 Å². The standard InChI is InChI=1S/C18H18N2O2/c1-14-6-5-9-16(12-14)20-18(22)11-10-17(21)19-13-15-7-3-2-4-8-15/h2-12H,13H2,1H3,(H,19,21)(H,20,22)/b11-10+. The van der Waals surface area contributed by atoms with Gasteiger partial charge in [0.05, 0.1) is 0 Å². The van der Waals surface area contributed by atoms with Crippen molar-refractivity contribution in [2.24, 2.45) is 0 Å². The Hall–Kier alpha value is -2.88. The maximum absolute atomic E-state index is 11.7. The minimum atomic E-state index is -0.333. The number of carbonyl (C=O) groups is 2. The van der Waals surface area contributed by atoms with Gasteiger partial charge < -0.3 is 10.6 Å². The van der Waals surface area contributed by atoms with Crippen LogP contribution < -0.4 is 10.6 Å². The molecule has 2 N–H and O–H groups in total. The van der Waals surface area contributed by atoms with Crippen molar-refractivity contribution in [3.8, 4) is 0 Å². The first-order chi connectivity index (χ1) is 10.6. The molecule has 0 aromatic heterocycles. The molecular formula is C18H18N2O2. The maximum atomic E-state index is 11.7. The summed E-state index contributed by atoms with van der Waals surface area (Å²) < 4.78 is 0. The number of carbonyl (C=O) groups excluding carboxylic acids is 2. The average Bonchev–Trinajstić information content (AvgIpc) is 2.52. The van der Waals surface area contributed by atoms with Crippen molar-refractivity contribution in [1.29, 1.82) is 0 Å². The fourth-order valence-electron chi connectivity index (χ4n) is 1.90. The SMILES string of the molecule is Cc1cccc(NC(=O)/C=C/C(=O)NCc2ccccc2)c1. The van der Waals surface area contributed by atoms with Crippen LogP contribution in [-0.4, -0.2) is 11.8 Å². The Morgan fingerprint density at radius 1 is 0.955 bits per heavy atom. The highest BCUT2D eigenvalue weighted by Crippen LogP contribution is 2.09. The van der Waals surface area contributed by atoms with Crippen LogP contribution in [0, 0.1) is 6.92 Å². The molecule has 2 amide bonds. The van der Waals surface area contributed by atoms with Crippen LogP contribution in [0.15, 0.2) is 66.7 Å². The van der Waals surface area contributed by atoms with Crippen LogP contribution in [0.4, 0.5) is 5.69 Å². The molecule has 0 bridgehead atoms. The Kier molecular flexibility index (Phi) is 5.49. The number of rotatable bonds is 5. The molecule has 0 aliphatic carbocycles. The molecule has 2 rings (SSSR count). The van der Waals surface area contributed by atoms with E-state index in [0.29, 0.717) is 12.2 Å². The third kappa shape index (κ3) is 5.25. The van der Waals surface area contributed by atoms with Crippen molar-refractivity contribution in [2.75, 3.05) is 5.32 Å². The van der Waals surface area contributed by atoms with Crippen LogP contribution in [-0.2, 0) is 16.1 Å². The molecular weight excluding hydrogens is 276 g/mol. The second-order valence-corrected chi connectivity index (χ2v) is 4.90. The minimum Gasteiger partial charge on any atom is -0.348 e. The summed E-state index contributed by atoms with van der Waals surface area (Å²) in [4.78, 5) is 23.4. The molecule has 0 fully saturated rings. The molecule has 0 aliphatic heterocycles. The topological polar surface area (TPSA) is 58.2 Å². The Morgan fingerprint density at radius 3 is 2.41 bits per heavy atom. The molecule has 4 heteroatoms. The number of hydrogen-bond acceptors (Lipinski definition) is 2. The first-order valence-electron chi connectivity index (χ1n) is 7.01. The minimum absolute atomic E-state index is 0.303. The average molecular weight is 294 g/mol. The van der Waals surface area contributed by atoms with Crippen LogP contribution in [0.1, 0.15) is 11.1 Å². The van der Waals surface area contributed by atoms with Crippen LogP contribution in [0.25, 0.3) is 0 Å². The molecule has 2 aromatic rings. The zero-order chi connectivity index (χ0) is 15.8. The van der Waals surface area contributed by atoms with Gasteiger partial charge in [0, 0.05) is 24.4 Å². The first kappa shape index (κ1) is 15.5. The van der Waals surface area contributed by atoms with Gasteiger partial charge in [0.25, 0.3) is 0 Å². The van der Waals surface area contributed by atoms with Crippen molar-refractivity contribution < 1.29 is 9.59 Å². The Labute approximate surface area is 129 Å². The van der Waals surface area contributed by atoms with Crippen LogP contribution in [0.3, 0.4) is 0 Å². The summed E-state index contributed by atoms with van der Waals surface area (Å²) in [5.41, 5.74) is 2.77. The smallest absolute Gasteiger partial charge is 0.248 e. The van der Waals surface area contributed by atoms with Crippen molar-refractivity contribution in [3.05, 3.63) is 77.9 Å². The predicted molar refractivity (Wildman–Crippen MR) is 87.2 cm³/mol. The molecule has 0 spiro atoms. The molecule has 0 saturated carbocycles. The third-order valence-electron chi connectivity index (χ3n) is 2.98. The van der Waals surface area contributed by atoms with Crippen molar-refractivity contribution >= 4 is 17.5 Å². The van der Waals surface area contributed by atoms with E-state index in [1.165, 1.54) is 12.2 Å². The van der Waals surface area contributed by atoms with Gasteiger partial charge >= 0.3 is 0 Å². The first-order valence-corrected chi connectivity index (χ1v) is 7.01. The third-order valence-corrected chi connectivity index (χ3v) is 2.98. The fourth-order valence-corrected chi connectivity index (χ4v) is 1.90. The lowest BCUT2D eigenvalue weighted by molar-refractivity contribution is -0.117. The summed E-state index contributed by atoms with van der Waals surface area (Å²) in [5.74, 6) is -0.635. The molecule has 22 heavy (non-hydrogen) atoms. The second kappa shape index (κ2) is 7.78. The molecule has 0 unspecified atom stereocenters. The number of hydrogen-bond donors (Lipinski definition) is 2. The highest BCUT2D eigenvalue weighted by atomic mass is 16.2. The van der Waals surface area contributed by atoms with Crippen LogP contribution in [0.2, 0.25) is 0 Å². The van der Waals surface area contributed by atoms with Gasteiger partial charge in [0.15, 0.2) is 0 Å². The van der Waals surface area contributed by atoms with Gasteiger partial charge in [-0.25, -0.2) is 0 Å². The second-order valence-electron chi connectivity index (χ2n) is 4.90. The van der Waals surface area contributed by atoms with Crippen molar-refractivity contribution in [1.82, 2.24) is 5.32 Å². The summed E-state index contributed by atoms with van der Waals surface area (Å²) in [6.07, 6.45) is 2.46. The summed E-state index contributed by atoms with van der Waals surface area (Å²) >= 11 is 0. The largest absolute Gasteiger partial charge is 0.348 e. The highest BCUT2D eigenvalue weighted by Gasteiger charge is 2.00. The molecule has 0 heterocycles. The van der Waals surface area contributed by atoms with Gasteiger partial charge in [-0.2, -0.15) is 0 Å². The normalized spacial score (nSPS) is 10.4. The summed E-state index contributed by atoms with van der Waals surface area (Å²) in [6, 6.07) is 17.1. The molecule has 0 atom stereocenters. The van der Waals surface area contributed by atoms with Gasteiger partial charge in [0.2, 0.25) is 11.8 Å². The van der Waals surface area contributed by atoms with Gasteiger partial charge in [-0.3, -0.25) is 9.59 Å². The maximum Gasteiger partial charge on any atom is 0.248 e. The Balaban J connectivity index is 1.80. The van der Waals surface area contributed by atoms with Crippen molar-refractivity contribution in [2.45, 2.75) is 13.5 Å². The number of nitrogens with one attached hydrogen (secondary N) is 2. The lowest BCUT2D eigenvalue weighted by atomic mass is 10.2. The van der Waals surface area contributed by atoms with E-state index in [4.69, 9.17) is 0 Å². The van der Waals surface area contributed by atoms with Gasteiger partial charge in [-0.05, 0) is 30.2 Å². The number of benzene rings is 2. The van der Waals surface area contributed by atoms with E-state index in [1.807, 2.05) is 55.5 Å². The van der Waals surface area contributed by atoms with E-state index in [-0.39, 0.29) is 11.8 Å². The van der Waals surface area contributed by atoms with Gasteiger partial charge in [0.1, 0.15) is 0 Å². The molecule has 2 aromatic carbocycles. The zero-order valence-electron chi connectivity index (χ0n) is 12.4. The molecule has 0 saturated heterocycles. The number of anilines is 1. The fraction of sp³-hybridized carbons (Fsp3) is 0.111. The lowest BCUT2D eigenvalue weighted by Gasteiger charge is -2.03. The molecule has 0 aliphatic rings. The Morgan fingerprint density at radius 2 is 1.68 bits per heavy atom. The summed E-state index contributed by atoms with van der Waals surface area (Å²) in [5, 5.41) is 5.43. The Bertz CT molecular complexity index is 678. The van der Waals surface area contributed by atoms with Gasteiger partial charge in [-0.1, -0.05) is 42.5 Å². The predicted octanol–water partition coefficient (Wildman–Crippen LogP) is 2.81. The van der Waals surface area contributed by atoms with E-state index >= 15 is 0 Å². The van der Waals surface area contributed by atoms with E-state index in [1.54, 1.807) is 6.07 Å². The summed E-state index contributed by atoms with van der Waals surface area (Å²) in [6.45, 7) is 2.38. The monoisotopic (exact) mass is 294 g/mol. The van der Waals surface area contributed by atoms with E-state index < -0.39 is 0 Å². The lowest BCUT2D eigenvalue weighted by Crippen LogP contribution is -2.21. The molecule has 0 radical (unpaired) electrons. The van der Waals surface area contributed by atoms with E-state index in [9.17, 15) is 9.59 Å².